The molecule has 2 rings (SSSR count). The number of amides is 2. The zero-order chi connectivity index (χ0) is 13.2. The first-order chi connectivity index (χ1) is 8.52. The van der Waals surface area contributed by atoms with Crippen molar-refractivity contribution in [2.75, 3.05) is 19.6 Å². The number of imide groups is 1. The second-order valence-electron chi connectivity index (χ2n) is 4.68. The van der Waals surface area contributed by atoms with Gasteiger partial charge in [-0.05, 0) is 18.6 Å². The average molecular weight is 251 g/mol. The maximum atomic E-state index is 11.6. The summed E-state index contributed by atoms with van der Waals surface area (Å²) in [5.74, 6) is -0.788. The van der Waals surface area contributed by atoms with Crippen LogP contribution in [0.3, 0.4) is 0 Å². The molecule has 0 aromatic carbocycles. The van der Waals surface area contributed by atoms with E-state index in [0.717, 1.165) is 0 Å². The van der Waals surface area contributed by atoms with E-state index in [-0.39, 0.29) is 12.5 Å². The van der Waals surface area contributed by atoms with Crippen LogP contribution in [-0.2, 0) is 4.79 Å². The van der Waals surface area contributed by atoms with E-state index in [4.69, 9.17) is 0 Å². The van der Waals surface area contributed by atoms with Crippen LogP contribution in [0.4, 0.5) is 0 Å². The topological polar surface area (TPSA) is 85.4 Å². The lowest BCUT2D eigenvalue weighted by atomic mass is 9.91. The minimum absolute atomic E-state index is 0.134. The van der Waals surface area contributed by atoms with Gasteiger partial charge in [-0.2, -0.15) is 0 Å². The van der Waals surface area contributed by atoms with E-state index in [9.17, 15) is 14.7 Å². The van der Waals surface area contributed by atoms with Crippen LogP contribution in [0.2, 0.25) is 0 Å². The first-order valence-electron chi connectivity index (χ1n) is 5.95. The lowest BCUT2D eigenvalue weighted by Gasteiger charge is -2.45. The van der Waals surface area contributed by atoms with Gasteiger partial charge in [-0.15, -0.1) is 0 Å². The fourth-order valence-corrected chi connectivity index (χ4v) is 2.03. The predicted molar refractivity (Wildman–Crippen MR) is 64.9 cm³/mol. The summed E-state index contributed by atoms with van der Waals surface area (Å²) in [6.45, 7) is 3.00. The Bertz CT molecular complexity index is 435. The number of aromatic amines is 1. The van der Waals surface area contributed by atoms with Crippen LogP contribution >= 0.6 is 0 Å². The van der Waals surface area contributed by atoms with Crippen molar-refractivity contribution in [1.82, 2.24) is 15.2 Å². The molecule has 1 aliphatic rings. The Hall–Kier alpha value is -1.66. The molecule has 1 saturated heterocycles. The first-order valence-corrected chi connectivity index (χ1v) is 5.95. The van der Waals surface area contributed by atoms with Gasteiger partial charge in [0.15, 0.2) is 0 Å². The predicted octanol–water partition coefficient (Wildman–Crippen LogP) is -0.272. The summed E-state index contributed by atoms with van der Waals surface area (Å²) in [4.78, 5) is 27.7. The molecule has 2 heterocycles. The van der Waals surface area contributed by atoms with Crippen molar-refractivity contribution < 1.29 is 14.7 Å². The van der Waals surface area contributed by atoms with Crippen LogP contribution < -0.4 is 5.32 Å². The molecule has 18 heavy (non-hydrogen) atoms. The highest BCUT2D eigenvalue weighted by Gasteiger charge is 2.39. The number of carbonyl (C=O) groups is 2. The third-order valence-electron chi connectivity index (χ3n) is 3.16. The van der Waals surface area contributed by atoms with Gasteiger partial charge in [0.1, 0.15) is 5.69 Å². The fourth-order valence-electron chi connectivity index (χ4n) is 2.03. The minimum Gasteiger partial charge on any atom is -0.387 e. The summed E-state index contributed by atoms with van der Waals surface area (Å²) in [6.07, 6.45) is 2.29. The Kier molecular flexibility index (Phi) is 3.49. The number of hydrogen-bond acceptors (Lipinski definition) is 4. The molecule has 2 amide bonds. The monoisotopic (exact) mass is 251 g/mol. The molecule has 0 atom stereocenters. The van der Waals surface area contributed by atoms with E-state index in [1.165, 1.54) is 0 Å². The quantitative estimate of drug-likeness (QED) is 0.687. The SMILES string of the molecule is CCC1(O)CN(CC(=O)NC(=O)c2ccc[nH]2)C1. The number of likely N-dealkylation sites (tertiary alicyclic amines) is 1. The van der Waals surface area contributed by atoms with Crippen molar-refractivity contribution in [1.29, 1.82) is 0 Å². The summed E-state index contributed by atoms with van der Waals surface area (Å²) in [7, 11) is 0. The summed E-state index contributed by atoms with van der Waals surface area (Å²) >= 11 is 0. The van der Waals surface area contributed by atoms with Crippen LogP contribution in [0.15, 0.2) is 18.3 Å². The maximum absolute atomic E-state index is 11.6. The van der Waals surface area contributed by atoms with Crippen LogP contribution in [0.25, 0.3) is 0 Å². The number of aromatic nitrogens is 1. The number of H-pyrrole nitrogens is 1. The summed E-state index contributed by atoms with van der Waals surface area (Å²) in [5.41, 5.74) is -0.305. The van der Waals surface area contributed by atoms with Crippen molar-refractivity contribution in [3.05, 3.63) is 24.0 Å². The number of carbonyl (C=O) groups excluding carboxylic acids is 2. The first kappa shape index (κ1) is 12.8. The molecule has 0 radical (unpaired) electrons. The third kappa shape index (κ3) is 2.77. The van der Waals surface area contributed by atoms with Gasteiger partial charge in [-0.1, -0.05) is 6.92 Å². The van der Waals surface area contributed by atoms with Gasteiger partial charge < -0.3 is 10.1 Å². The van der Waals surface area contributed by atoms with Crippen molar-refractivity contribution in [2.24, 2.45) is 0 Å². The number of β-amino-alcohol motifs (C(OH)–C–C–N with tert-alkyl or cyclic N) is 1. The molecule has 0 saturated carbocycles. The van der Waals surface area contributed by atoms with E-state index in [1.54, 1.807) is 23.2 Å². The number of nitrogens with one attached hydrogen (secondary N) is 2. The smallest absolute Gasteiger partial charge is 0.274 e. The Labute approximate surface area is 105 Å². The van der Waals surface area contributed by atoms with E-state index >= 15 is 0 Å². The Morgan fingerprint density at radius 2 is 2.28 bits per heavy atom. The summed E-state index contributed by atoms with van der Waals surface area (Å²) < 4.78 is 0. The Morgan fingerprint density at radius 1 is 1.56 bits per heavy atom. The van der Waals surface area contributed by atoms with E-state index < -0.39 is 11.5 Å². The van der Waals surface area contributed by atoms with Gasteiger partial charge in [0, 0.05) is 19.3 Å². The Balaban J connectivity index is 1.75. The van der Waals surface area contributed by atoms with Gasteiger partial charge in [0.2, 0.25) is 5.91 Å². The number of hydrogen-bond donors (Lipinski definition) is 3. The largest absolute Gasteiger partial charge is 0.387 e. The van der Waals surface area contributed by atoms with Crippen molar-refractivity contribution >= 4 is 11.8 Å². The maximum Gasteiger partial charge on any atom is 0.274 e. The van der Waals surface area contributed by atoms with Gasteiger partial charge in [-0.3, -0.25) is 19.8 Å². The zero-order valence-corrected chi connectivity index (χ0v) is 10.3. The zero-order valence-electron chi connectivity index (χ0n) is 10.3. The molecule has 1 fully saturated rings. The molecule has 3 N–H and O–H groups in total. The third-order valence-corrected chi connectivity index (χ3v) is 3.16. The molecule has 1 aromatic heterocycles. The highest BCUT2D eigenvalue weighted by Crippen LogP contribution is 2.23. The minimum atomic E-state index is -0.663. The van der Waals surface area contributed by atoms with Gasteiger partial charge >= 0.3 is 0 Å². The molecule has 1 aliphatic heterocycles. The van der Waals surface area contributed by atoms with Crippen LogP contribution in [0.1, 0.15) is 23.8 Å². The number of rotatable bonds is 4. The molecular formula is C12H17N3O3. The standard InChI is InChI=1S/C12H17N3O3/c1-2-12(18)7-15(8-12)6-10(16)14-11(17)9-4-3-5-13-9/h3-5,13,18H,2,6-8H2,1H3,(H,14,16,17). The van der Waals surface area contributed by atoms with Crippen molar-refractivity contribution in [2.45, 2.75) is 18.9 Å². The lowest BCUT2D eigenvalue weighted by molar-refractivity contribution is -0.132. The Morgan fingerprint density at radius 3 is 2.83 bits per heavy atom. The van der Waals surface area contributed by atoms with Crippen molar-refractivity contribution in [3.63, 3.8) is 0 Å². The molecule has 1 aromatic rings. The molecule has 6 heteroatoms. The van der Waals surface area contributed by atoms with Gasteiger partial charge in [-0.25, -0.2) is 0 Å². The molecule has 0 spiro atoms. The van der Waals surface area contributed by atoms with E-state index in [1.807, 2.05) is 6.92 Å². The summed E-state index contributed by atoms with van der Waals surface area (Å²) in [6, 6.07) is 3.29. The number of nitrogens with zero attached hydrogens (tertiary/aromatic N) is 1. The molecule has 6 nitrogen and oxygen atoms in total. The fraction of sp³-hybridized carbons (Fsp3) is 0.500. The van der Waals surface area contributed by atoms with Crippen LogP contribution in [0.5, 0.6) is 0 Å². The van der Waals surface area contributed by atoms with Crippen molar-refractivity contribution in [3.8, 4) is 0 Å². The molecule has 98 valence electrons. The molecule has 0 aliphatic carbocycles. The van der Waals surface area contributed by atoms with Gasteiger partial charge in [0.05, 0.1) is 12.1 Å². The molecule has 0 unspecified atom stereocenters. The van der Waals surface area contributed by atoms with Crippen LogP contribution in [-0.4, -0.2) is 52.0 Å². The highest BCUT2D eigenvalue weighted by atomic mass is 16.3. The van der Waals surface area contributed by atoms with E-state index in [0.29, 0.717) is 25.2 Å². The lowest BCUT2D eigenvalue weighted by Crippen LogP contribution is -2.63. The second-order valence-corrected chi connectivity index (χ2v) is 4.68. The molecular weight excluding hydrogens is 234 g/mol. The van der Waals surface area contributed by atoms with Gasteiger partial charge in [0.25, 0.3) is 5.91 Å². The highest BCUT2D eigenvalue weighted by molar-refractivity contribution is 6.04. The van der Waals surface area contributed by atoms with Crippen LogP contribution in [0, 0.1) is 0 Å². The summed E-state index contributed by atoms with van der Waals surface area (Å²) in [5, 5.41) is 12.1. The average Bonchev–Trinajstić information content (AvgIpc) is 2.79. The van der Waals surface area contributed by atoms with E-state index in [2.05, 4.69) is 10.3 Å². The second kappa shape index (κ2) is 4.91. The molecule has 0 bridgehead atoms. The normalized spacial score (nSPS) is 18.1. The number of aliphatic hydroxyl groups is 1.